The smallest absolute Gasteiger partial charge is 0.307 e. The average molecular weight is 331 g/mol. The van der Waals surface area contributed by atoms with Crippen molar-refractivity contribution in [1.82, 2.24) is 24.8 Å². The number of hydrogen-bond acceptors (Lipinski definition) is 6. The summed E-state index contributed by atoms with van der Waals surface area (Å²) in [6.07, 6.45) is 5.61. The third-order valence-corrected chi connectivity index (χ3v) is 4.68. The molecule has 0 radical (unpaired) electrons. The van der Waals surface area contributed by atoms with Crippen molar-refractivity contribution in [2.75, 3.05) is 20.7 Å². The molecule has 1 aliphatic rings. The van der Waals surface area contributed by atoms with Gasteiger partial charge in [0.05, 0.1) is 19.1 Å². The Balaban J connectivity index is 1.59. The van der Waals surface area contributed by atoms with E-state index >= 15 is 0 Å². The van der Waals surface area contributed by atoms with Gasteiger partial charge >= 0.3 is 5.97 Å². The molecule has 128 valence electrons. The molecule has 1 N–H and O–H groups in total. The first kappa shape index (κ1) is 16.4. The van der Waals surface area contributed by atoms with Gasteiger partial charge in [0.1, 0.15) is 6.33 Å². The van der Waals surface area contributed by atoms with Gasteiger partial charge in [0, 0.05) is 24.8 Å². The molecule has 1 saturated heterocycles. The number of methoxy groups -OCH3 is 1. The molecule has 2 aromatic rings. The Kier molecular flexibility index (Phi) is 4.75. The minimum atomic E-state index is -0.199. The molecule has 8 nitrogen and oxygen atoms in total. The third-order valence-electron chi connectivity index (χ3n) is 4.68. The third kappa shape index (κ3) is 3.23. The Bertz CT molecular complexity index is 744. The van der Waals surface area contributed by atoms with Crippen LogP contribution in [0.3, 0.4) is 0 Å². The van der Waals surface area contributed by atoms with Crippen LogP contribution < -0.4 is 5.32 Å². The van der Waals surface area contributed by atoms with Crippen LogP contribution >= 0.6 is 0 Å². The predicted octanol–water partition coefficient (Wildman–Crippen LogP) is 0.485. The van der Waals surface area contributed by atoms with E-state index < -0.39 is 0 Å². The topological polar surface area (TPSA) is 88.8 Å². The minimum Gasteiger partial charge on any atom is -0.469 e. The monoisotopic (exact) mass is 331 g/mol. The van der Waals surface area contributed by atoms with Crippen LogP contribution in [-0.2, 0) is 9.53 Å². The second kappa shape index (κ2) is 6.96. The molecule has 0 saturated carbocycles. The number of rotatable bonds is 5. The van der Waals surface area contributed by atoms with E-state index in [0.29, 0.717) is 24.2 Å². The second-order valence-corrected chi connectivity index (χ2v) is 6.02. The summed E-state index contributed by atoms with van der Waals surface area (Å²) < 4.78 is 6.45. The van der Waals surface area contributed by atoms with E-state index in [1.54, 1.807) is 29.1 Å². The molecule has 0 aliphatic carbocycles. The fraction of sp³-hybridized carbons (Fsp3) is 0.500. The van der Waals surface area contributed by atoms with Gasteiger partial charge in [0.25, 0.3) is 5.91 Å². The van der Waals surface area contributed by atoms with Crippen LogP contribution in [0.2, 0.25) is 0 Å². The molecule has 0 unspecified atom stereocenters. The van der Waals surface area contributed by atoms with E-state index in [1.165, 1.54) is 7.11 Å². The number of amides is 1. The van der Waals surface area contributed by atoms with Gasteiger partial charge in [0.15, 0.2) is 5.65 Å². The first-order valence-electron chi connectivity index (χ1n) is 7.95. The zero-order valence-electron chi connectivity index (χ0n) is 13.8. The molecule has 1 aliphatic heterocycles. The molecular weight excluding hydrogens is 310 g/mol. The maximum atomic E-state index is 12.4. The summed E-state index contributed by atoms with van der Waals surface area (Å²) in [7, 11) is 3.39. The van der Waals surface area contributed by atoms with Crippen LogP contribution in [0.25, 0.3) is 5.65 Å². The molecular formula is C16H21N5O3. The standard InChI is InChI=1S/C16H21N5O3/c1-20-11(8-14(22)24-2)5-6-12(20)9-17-16(23)13-4-3-7-21-10-18-19-15(13)21/h3-4,7,10-12H,5-6,8-9H2,1-2H3,(H,17,23)/t11-,12+/m1/s1. The molecule has 2 atom stereocenters. The number of esters is 1. The summed E-state index contributed by atoms with van der Waals surface area (Å²) >= 11 is 0. The maximum absolute atomic E-state index is 12.4. The van der Waals surface area contributed by atoms with Gasteiger partial charge in [-0.1, -0.05) is 0 Å². The van der Waals surface area contributed by atoms with Crippen LogP contribution in [0.5, 0.6) is 0 Å². The van der Waals surface area contributed by atoms with Crippen molar-refractivity contribution in [2.45, 2.75) is 31.3 Å². The van der Waals surface area contributed by atoms with Crippen molar-refractivity contribution in [3.05, 3.63) is 30.2 Å². The Morgan fingerprint density at radius 2 is 2.17 bits per heavy atom. The number of ether oxygens (including phenoxy) is 1. The SMILES string of the molecule is COC(=O)C[C@H]1CC[C@@H](CNC(=O)c2cccn3cnnc23)N1C. The molecule has 1 amide bonds. The van der Waals surface area contributed by atoms with Crippen molar-refractivity contribution in [2.24, 2.45) is 0 Å². The number of nitrogens with one attached hydrogen (secondary N) is 1. The Morgan fingerprint density at radius 3 is 2.96 bits per heavy atom. The summed E-state index contributed by atoms with van der Waals surface area (Å²) in [6.45, 7) is 0.530. The number of nitrogens with zero attached hydrogens (tertiary/aromatic N) is 4. The summed E-state index contributed by atoms with van der Waals surface area (Å²) in [5, 5.41) is 10.8. The number of carbonyl (C=O) groups excluding carboxylic acids is 2. The van der Waals surface area contributed by atoms with Gasteiger partial charge < -0.3 is 10.1 Å². The highest BCUT2D eigenvalue weighted by Crippen LogP contribution is 2.24. The number of pyridine rings is 1. The summed E-state index contributed by atoms with van der Waals surface area (Å²) in [6, 6.07) is 3.90. The highest BCUT2D eigenvalue weighted by atomic mass is 16.5. The summed E-state index contributed by atoms with van der Waals surface area (Å²) in [5.74, 6) is -0.367. The molecule has 24 heavy (non-hydrogen) atoms. The van der Waals surface area contributed by atoms with E-state index in [4.69, 9.17) is 4.74 Å². The number of fused-ring (bicyclic) bond motifs is 1. The number of aromatic nitrogens is 3. The van der Waals surface area contributed by atoms with Gasteiger partial charge in [-0.15, -0.1) is 10.2 Å². The zero-order chi connectivity index (χ0) is 17.1. The van der Waals surface area contributed by atoms with Gasteiger partial charge in [-0.3, -0.25) is 18.9 Å². The lowest BCUT2D eigenvalue weighted by Gasteiger charge is -2.25. The number of likely N-dealkylation sites (tertiary alicyclic amines) is 1. The molecule has 8 heteroatoms. The first-order valence-corrected chi connectivity index (χ1v) is 7.95. The average Bonchev–Trinajstić information content (AvgIpc) is 3.20. The lowest BCUT2D eigenvalue weighted by Crippen LogP contribution is -2.41. The molecule has 3 rings (SSSR count). The zero-order valence-corrected chi connectivity index (χ0v) is 13.8. The minimum absolute atomic E-state index is 0.166. The molecule has 2 aromatic heterocycles. The fourth-order valence-corrected chi connectivity index (χ4v) is 3.19. The lowest BCUT2D eigenvalue weighted by atomic mass is 10.1. The normalized spacial score (nSPS) is 21.1. The van der Waals surface area contributed by atoms with Crippen molar-refractivity contribution in [3.8, 4) is 0 Å². The van der Waals surface area contributed by atoms with E-state index in [1.807, 2.05) is 7.05 Å². The Labute approximate surface area is 139 Å². The van der Waals surface area contributed by atoms with Crippen molar-refractivity contribution < 1.29 is 14.3 Å². The van der Waals surface area contributed by atoms with E-state index in [2.05, 4.69) is 20.4 Å². The quantitative estimate of drug-likeness (QED) is 0.802. The Morgan fingerprint density at radius 1 is 1.38 bits per heavy atom. The molecule has 0 bridgehead atoms. The highest BCUT2D eigenvalue weighted by Gasteiger charge is 2.32. The fourth-order valence-electron chi connectivity index (χ4n) is 3.19. The maximum Gasteiger partial charge on any atom is 0.307 e. The van der Waals surface area contributed by atoms with Gasteiger partial charge in [-0.05, 0) is 32.0 Å². The molecule has 0 aromatic carbocycles. The second-order valence-electron chi connectivity index (χ2n) is 6.02. The molecule has 1 fully saturated rings. The van der Waals surface area contributed by atoms with Crippen molar-refractivity contribution in [3.63, 3.8) is 0 Å². The number of carbonyl (C=O) groups is 2. The molecule has 3 heterocycles. The van der Waals surface area contributed by atoms with Gasteiger partial charge in [-0.2, -0.15) is 0 Å². The lowest BCUT2D eigenvalue weighted by molar-refractivity contribution is -0.141. The van der Waals surface area contributed by atoms with Crippen LogP contribution in [0, 0.1) is 0 Å². The Hall–Kier alpha value is -2.48. The predicted molar refractivity (Wildman–Crippen MR) is 86.5 cm³/mol. The number of hydrogen-bond donors (Lipinski definition) is 1. The summed E-state index contributed by atoms with van der Waals surface area (Å²) in [4.78, 5) is 26.0. The van der Waals surface area contributed by atoms with E-state index in [0.717, 1.165) is 12.8 Å². The highest BCUT2D eigenvalue weighted by molar-refractivity contribution is 5.99. The van der Waals surface area contributed by atoms with E-state index in [-0.39, 0.29) is 24.0 Å². The van der Waals surface area contributed by atoms with Crippen molar-refractivity contribution >= 4 is 17.5 Å². The van der Waals surface area contributed by atoms with Crippen LogP contribution in [-0.4, -0.2) is 64.2 Å². The van der Waals surface area contributed by atoms with E-state index in [9.17, 15) is 9.59 Å². The van der Waals surface area contributed by atoms with Crippen LogP contribution in [0.1, 0.15) is 29.6 Å². The first-order chi connectivity index (χ1) is 11.6. The number of likely N-dealkylation sites (N-methyl/N-ethyl adjacent to an activating group) is 1. The van der Waals surface area contributed by atoms with Gasteiger partial charge in [0.2, 0.25) is 0 Å². The van der Waals surface area contributed by atoms with Crippen molar-refractivity contribution in [1.29, 1.82) is 0 Å². The molecule has 0 spiro atoms. The van der Waals surface area contributed by atoms with Crippen LogP contribution in [0.15, 0.2) is 24.7 Å². The largest absolute Gasteiger partial charge is 0.469 e. The van der Waals surface area contributed by atoms with Crippen LogP contribution in [0.4, 0.5) is 0 Å². The van der Waals surface area contributed by atoms with Gasteiger partial charge in [-0.25, -0.2) is 0 Å². The summed E-state index contributed by atoms with van der Waals surface area (Å²) in [5.41, 5.74) is 1.04.